The van der Waals surface area contributed by atoms with E-state index in [0.717, 1.165) is 31.6 Å². The number of aromatic nitrogens is 2. The molecule has 5 nitrogen and oxygen atoms in total. The van der Waals surface area contributed by atoms with Gasteiger partial charge in [0.15, 0.2) is 0 Å². The summed E-state index contributed by atoms with van der Waals surface area (Å²) in [4.78, 5) is 13.4. The van der Waals surface area contributed by atoms with Gasteiger partial charge in [-0.25, -0.2) is 4.79 Å². The van der Waals surface area contributed by atoms with E-state index in [1.807, 2.05) is 27.0 Å². The molecule has 0 fully saturated rings. The number of hydrogen-bond donors (Lipinski definition) is 2. The number of aromatic amines is 1. The molecule has 5 heteroatoms. The van der Waals surface area contributed by atoms with Crippen molar-refractivity contribution >= 4 is 6.03 Å². The number of aryl methyl sites for hydroxylation is 2. The van der Waals surface area contributed by atoms with Gasteiger partial charge in [0.25, 0.3) is 0 Å². The van der Waals surface area contributed by atoms with Crippen LogP contribution in [0.5, 0.6) is 0 Å². The fourth-order valence-corrected chi connectivity index (χ4v) is 1.72. The molecule has 0 aliphatic carbocycles. The molecule has 0 saturated carbocycles. The number of rotatable bonds is 6. The number of urea groups is 1. The largest absolute Gasteiger partial charge is 0.338 e. The Bertz CT molecular complexity index is 344. The number of nitrogens with one attached hydrogen (secondary N) is 2. The van der Waals surface area contributed by atoms with Crippen LogP contribution >= 0.6 is 0 Å². The third-order valence-corrected chi connectivity index (χ3v) is 2.88. The molecule has 0 unspecified atom stereocenters. The highest BCUT2D eigenvalue weighted by molar-refractivity contribution is 5.73. The highest BCUT2D eigenvalue weighted by Gasteiger charge is 2.07. The average molecular weight is 238 g/mol. The fraction of sp³-hybridized carbons (Fsp3) is 0.667. The molecule has 1 rings (SSSR count). The minimum absolute atomic E-state index is 0.0268. The predicted molar refractivity (Wildman–Crippen MR) is 68.0 cm³/mol. The average Bonchev–Trinajstić information content (AvgIpc) is 2.72. The van der Waals surface area contributed by atoms with Gasteiger partial charge in [-0.3, -0.25) is 5.10 Å². The Morgan fingerprint density at radius 2 is 2.18 bits per heavy atom. The molecule has 17 heavy (non-hydrogen) atoms. The SMILES string of the molecule is CCN(CC)C(=O)NCCCc1cn[nH]c1C. The van der Waals surface area contributed by atoms with Crippen molar-refractivity contribution in [2.45, 2.75) is 33.6 Å². The Morgan fingerprint density at radius 1 is 1.47 bits per heavy atom. The third-order valence-electron chi connectivity index (χ3n) is 2.88. The molecule has 2 amide bonds. The van der Waals surface area contributed by atoms with E-state index in [9.17, 15) is 4.79 Å². The number of carbonyl (C=O) groups excluding carboxylic acids is 1. The quantitative estimate of drug-likeness (QED) is 0.741. The Morgan fingerprint density at radius 3 is 2.71 bits per heavy atom. The summed E-state index contributed by atoms with van der Waals surface area (Å²) in [5, 5.41) is 9.80. The minimum Gasteiger partial charge on any atom is -0.338 e. The van der Waals surface area contributed by atoms with Crippen molar-refractivity contribution in [2.24, 2.45) is 0 Å². The zero-order chi connectivity index (χ0) is 12.7. The Kier molecular flexibility index (Phi) is 5.52. The smallest absolute Gasteiger partial charge is 0.317 e. The summed E-state index contributed by atoms with van der Waals surface area (Å²) in [6, 6.07) is 0.0268. The van der Waals surface area contributed by atoms with Gasteiger partial charge < -0.3 is 10.2 Å². The van der Waals surface area contributed by atoms with Gasteiger partial charge >= 0.3 is 6.03 Å². The fourth-order valence-electron chi connectivity index (χ4n) is 1.72. The molecule has 0 aromatic carbocycles. The van der Waals surface area contributed by atoms with Crippen LogP contribution in [-0.2, 0) is 6.42 Å². The van der Waals surface area contributed by atoms with Gasteiger partial charge in [0.1, 0.15) is 0 Å². The normalized spacial score (nSPS) is 10.3. The van der Waals surface area contributed by atoms with Crippen LogP contribution in [0.15, 0.2) is 6.20 Å². The molecule has 1 aromatic rings. The molecular weight excluding hydrogens is 216 g/mol. The van der Waals surface area contributed by atoms with E-state index >= 15 is 0 Å². The second kappa shape index (κ2) is 6.93. The third kappa shape index (κ3) is 4.09. The van der Waals surface area contributed by atoms with Gasteiger partial charge in [-0.1, -0.05) is 0 Å². The molecule has 0 radical (unpaired) electrons. The number of nitrogens with zero attached hydrogens (tertiary/aromatic N) is 2. The molecule has 2 N–H and O–H groups in total. The molecule has 0 aliphatic rings. The first-order chi connectivity index (χ1) is 8.19. The van der Waals surface area contributed by atoms with E-state index in [4.69, 9.17) is 0 Å². The molecular formula is C12H22N4O. The maximum Gasteiger partial charge on any atom is 0.317 e. The molecule has 0 aliphatic heterocycles. The molecule has 1 heterocycles. The van der Waals surface area contributed by atoms with Crippen molar-refractivity contribution in [2.75, 3.05) is 19.6 Å². The lowest BCUT2D eigenvalue weighted by molar-refractivity contribution is 0.203. The standard InChI is InChI=1S/C12H22N4O/c1-4-16(5-2)12(17)13-8-6-7-11-9-14-15-10(11)3/h9H,4-8H2,1-3H3,(H,13,17)(H,14,15). The molecule has 96 valence electrons. The van der Waals surface area contributed by atoms with Crippen LogP contribution in [0.2, 0.25) is 0 Å². The first-order valence-corrected chi connectivity index (χ1v) is 6.20. The summed E-state index contributed by atoms with van der Waals surface area (Å²) in [5.74, 6) is 0. The van der Waals surface area contributed by atoms with Crippen LogP contribution in [-0.4, -0.2) is 40.8 Å². The Balaban J connectivity index is 2.20. The van der Waals surface area contributed by atoms with Crippen LogP contribution in [0.1, 0.15) is 31.5 Å². The monoisotopic (exact) mass is 238 g/mol. The Hall–Kier alpha value is -1.52. The lowest BCUT2D eigenvalue weighted by atomic mass is 10.1. The molecule has 0 spiro atoms. The summed E-state index contributed by atoms with van der Waals surface area (Å²) in [7, 11) is 0. The number of carbonyl (C=O) groups is 1. The van der Waals surface area contributed by atoms with Gasteiger partial charge in [-0.2, -0.15) is 5.10 Å². The summed E-state index contributed by atoms with van der Waals surface area (Å²) < 4.78 is 0. The predicted octanol–water partition coefficient (Wildman–Crippen LogP) is 1.70. The van der Waals surface area contributed by atoms with E-state index in [1.165, 1.54) is 5.56 Å². The molecule has 0 saturated heterocycles. The zero-order valence-corrected chi connectivity index (χ0v) is 10.9. The number of hydrogen-bond acceptors (Lipinski definition) is 2. The molecule has 0 atom stereocenters. The maximum atomic E-state index is 11.6. The summed E-state index contributed by atoms with van der Waals surface area (Å²) >= 11 is 0. The van der Waals surface area contributed by atoms with Gasteiger partial charge in [0, 0.05) is 25.3 Å². The lowest BCUT2D eigenvalue weighted by Crippen LogP contribution is -2.40. The van der Waals surface area contributed by atoms with Crippen LogP contribution in [0.4, 0.5) is 4.79 Å². The second-order valence-corrected chi connectivity index (χ2v) is 4.03. The van der Waals surface area contributed by atoms with Crippen molar-refractivity contribution in [3.8, 4) is 0 Å². The van der Waals surface area contributed by atoms with E-state index in [1.54, 1.807) is 4.90 Å². The van der Waals surface area contributed by atoms with E-state index in [-0.39, 0.29) is 6.03 Å². The van der Waals surface area contributed by atoms with Crippen LogP contribution in [0.25, 0.3) is 0 Å². The van der Waals surface area contributed by atoms with Crippen LogP contribution in [0, 0.1) is 6.92 Å². The van der Waals surface area contributed by atoms with E-state index < -0.39 is 0 Å². The minimum atomic E-state index is 0.0268. The summed E-state index contributed by atoms with van der Waals surface area (Å²) in [6.07, 6.45) is 3.73. The second-order valence-electron chi connectivity index (χ2n) is 4.03. The Labute approximate surface area is 103 Å². The van der Waals surface area contributed by atoms with Crippen molar-refractivity contribution < 1.29 is 4.79 Å². The van der Waals surface area contributed by atoms with Crippen molar-refractivity contribution in [1.29, 1.82) is 0 Å². The molecule has 0 bridgehead atoms. The highest BCUT2D eigenvalue weighted by Crippen LogP contribution is 2.05. The van der Waals surface area contributed by atoms with E-state index in [2.05, 4.69) is 15.5 Å². The first kappa shape index (κ1) is 13.5. The van der Waals surface area contributed by atoms with Crippen molar-refractivity contribution in [1.82, 2.24) is 20.4 Å². The van der Waals surface area contributed by atoms with Gasteiger partial charge in [0.2, 0.25) is 0 Å². The summed E-state index contributed by atoms with van der Waals surface area (Å²) in [5.41, 5.74) is 2.34. The van der Waals surface area contributed by atoms with E-state index in [0.29, 0.717) is 6.54 Å². The van der Waals surface area contributed by atoms with Gasteiger partial charge in [-0.05, 0) is 39.2 Å². The molecule has 1 aromatic heterocycles. The first-order valence-electron chi connectivity index (χ1n) is 6.20. The maximum absolute atomic E-state index is 11.6. The lowest BCUT2D eigenvalue weighted by Gasteiger charge is -2.19. The topological polar surface area (TPSA) is 61.0 Å². The summed E-state index contributed by atoms with van der Waals surface area (Å²) in [6.45, 7) is 8.19. The van der Waals surface area contributed by atoms with Crippen molar-refractivity contribution in [3.05, 3.63) is 17.5 Å². The van der Waals surface area contributed by atoms with Crippen LogP contribution in [0.3, 0.4) is 0 Å². The van der Waals surface area contributed by atoms with Crippen LogP contribution < -0.4 is 5.32 Å². The van der Waals surface area contributed by atoms with Gasteiger partial charge in [-0.15, -0.1) is 0 Å². The van der Waals surface area contributed by atoms with Gasteiger partial charge in [0.05, 0.1) is 6.20 Å². The number of amides is 2. The zero-order valence-electron chi connectivity index (χ0n) is 10.9. The number of H-pyrrole nitrogens is 1. The highest BCUT2D eigenvalue weighted by atomic mass is 16.2. The van der Waals surface area contributed by atoms with Crippen molar-refractivity contribution in [3.63, 3.8) is 0 Å².